The minimum Gasteiger partial charge on any atom is -0.501 e. The summed E-state index contributed by atoms with van der Waals surface area (Å²) in [5.41, 5.74) is 2.10. The molecule has 2 aromatic carbocycles. The predicted octanol–water partition coefficient (Wildman–Crippen LogP) is 4.02. The van der Waals surface area contributed by atoms with Gasteiger partial charge >= 0.3 is 5.95 Å². The van der Waals surface area contributed by atoms with Gasteiger partial charge in [0.25, 0.3) is 0 Å². The number of hydrogen-bond donors (Lipinski definition) is 2. The molecule has 2 N–H and O–H groups in total. The average molecular weight is 252 g/mol. The SMILES string of the molecule is Oc1oc(-c2ccccc2)c(-c2ccccc2)c1O. The summed E-state index contributed by atoms with van der Waals surface area (Å²) in [5.74, 6) is -0.232. The second-order valence-electron chi connectivity index (χ2n) is 4.19. The lowest BCUT2D eigenvalue weighted by Gasteiger charge is -2.02. The first-order chi connectivity index (χ1) is 9.27. The quantitative estimate of drug-likeness (QED) is 0.724. The summed E-state index contributed by atoms with van der Waals surface area (Å²) in [4.78, 5) is 0. The van der Waals surface area contributed by atoms with E-state index in [1.165, 1.54) is 0 Å². The molecule has 0 amide bonds. The van der Waals surface area contributed by atoms with E-state index in [1.807, 2.05) is 60.7 Å². The summed E-state index contributed by atoms with van der Waals surface area (Å²) in [6, 6.07) is 18.7. The highest BCUT2D eigenvalue weighted by molar-refractivity contribution is 5.85. The molecule has 0 fully saturated rings. The van der Waals surface area contributed by atoms with Gasteiger partial charge < -0.3 is 14.6 Å². The standard InChI is InChI=1S/C16H12O3/c17-14-13(11-7-3-1-4-8-11)15(19-16(14)18)12-9-5-2-6-10-12/h1-10,17-18H. The minimum absolute atomic E-state index is 0.231. The molecule has 0 bridgehead atoms. The molecule has 0 unspecified atom stereocenters. The molecular weight excluding hydrogens is 240 g/mol. The van der Waals surface area contributed by atoms with Crippen LogP contribution in [0.5, 0.6) is 11.7 Å². The third-order valence-corrected chi connectivity index (χ3v) is 2.96. The molecule has 0 atom stereocenters. The molecule has 3 rings (SSSR count). The second kappa shape index (κ2) is 4.53. The smallest absolute Gasteiger partial charge is 0.327 e. The van der Waals surface area contributed by atoms with Crippen molar-refractivity contribution in [1.82, 2.24) is 0 Å². The Morgan fingerprint density at radius 2 is 1.21 bits per heavy atom. The molecule has 0 aliphatic heterocycles. The van der Waals surface area contributed by atoms with Crippen LogP contribution < -0.4 is 0 Å². The summed E-state index contributed by atoms with van der Waals surface area (Å²) in [7, 11) is 0. The zero-order valence-corrected chi connectivity index (χ0v) is 10.1. The van der Waals surface area contributed by atoms with E-state index in [0.29, 0.717) is 11.3 Å². The van der Waals surface area contributed by atoms with Crippen LogP contribution in [0.4, 0.5) is 0 Å². The van der Waals surface area contributed by atoms with Gasteiger partial charge in [-0.2, -0.15) is 0 Å². The predicted molar refractivity (Wildman–Crippen MR) is 72.9 cm³/mol. The van der Waals surface area contributed by atoms with Gasteiger partial charge in [-0.15, -0.1) is 0 Å². The Bertz CT molecular complexity index is 685. The van der Waals surface area contributed by atoms with Crippen molar-refractivity contribution in [2.24, 2.45) is 0 Å². The first-order valence-electron chi connectivity index (χ1n) is 5.93. The lowest BCUT2D eigenvalue weighted by molar-refractivity contribution is 0.310. The van der Waals surface area contributed by atoms with Crippen LogP contribution in [-0.4, -0.2) is 10.2 Å². The first-order valence-corrected chi connectivity index (χ1v) is 5.93. The number of hydrogen-bond acceptors (Lipinski definition) is 3. The Labute approximate surface area is 110 Å². The lowest BCUT2D eigenvalue weighted by atomic mass is 10.0. The topological polar surface area (TPSA) is 53.6 Å². The maximum atomic E-state index is 9.99. The van der Waals surface area contributed by atoms with Crippen molar-refractivity contribution in [1.29, 1.82) is 0 Å². The summed E-state index contributed by atoms with van der Waals surface area (Å²) in [6.07, 6.45) is 0. The van der Waals surface area contributed by atoms with Crippen LogP contribution in [0.3, 0.4) is 0 Å². The molecule has 19 heavy (non-hydrogen) atoms. The Hall–Kier alpha value is -2.68. The van der Waals surface area contributed by atoms with E-state index in [2.05, 4.69) is 0 Å². The Balaban J connectivity index is 2.25. The highest BCUT2D eigenvalue weighted by Crippen LogP contribution is 2.46. The van der Waals surface area contributed by atoms with Crippen LogP contribution in [0.2, 0.25) is 0 Å². The monoisotopic (exact) mass is 252 g/mol. The fraction of sp³-hybridized carbons (Fsp3) is 0. The third kappa shape index (κ3) is 1.95. The molecule has 1 heterocycles. The number of benzene rings is 2. The van der Waals surface area contributed by atoms with Crippen molar-refractivity contribution < 1.29 is 14.6 Å². The zero-order valence-electron chi connectivity index (χ0n) is 10.1. The van der Waals surface area contributed by atoms with Crippen molar-refractivity contribution >= 4 is 0 Å². The summed E-state index contributed by atoms with van der Waals surface area (Å²) in [6.45, 7) is 0. The molecule has 3 nitrogen and oxygen atoms in total. The van der Waals surface area contributed by atoms with E-state index < -0.39 is 5.95 Å². The van der Waals surface area contributed by atoms with E-state index in [9.17, 15) is 10.2 Å². The Kier molecular flexibility index (Phi) is 2.72. The van der Waals surface area contributed by atoms with Crippen LogP contribution in [-0.2, 0) is 0 Å². The van der Waals surface area contributed by atoms with Gasteiger partial charge in [-0.3, -0.25) is 0 Å². The lowest BCUT2D eigenvalue weighted by Crippen LogP contribution is -1.80. The fourth-order valence-corrected chi connectivity index (χ4v) is 2.08. The third-order valence-electron chi connectivity index (χ3n) is 2.96. The normalized spacial score (nSPS) is 10.5. The Morgan fingerprint density at radius 1 is 0.684 bits per heavy atom. The number of rotatable bonds is 2. The van der Waals surface area contributed by atoms with Crippen molar-refractivity contribution in [3.05, 3.63) is 60.7 Å². The highest BCUT2D eigenvalue weighted by Gasteiger charge is 2.21. The summed E-state index contributed by atoms with van der Waals surface area (Å²) in [5, 5.41) is 19.6. The minimum atomic E-state index is -0.460. The van der Waals surface area contributed by atoms with Gasteiger partial charge in [0.15, 0.2) is 0 Å². The van der Waals surface area contributed by atoms with Crippen LogP contribution >= 0.6 is 0 Å². The van der Waals surface area contributed by atoms with Gasteiger partial charge in [-0.1, -0.05) is 60.7 Å². The molecule has 0 radical (unpaired) electrons. The largest absolute Gasteiger partial charge is 0.501 e. The van der Waals surface area contributed by atoms with Crippen molar-refractivity contribution in [3.63, 3.8) is 0 Å². The maximum absolute atomic E-state index is 9.99. The van der Waals surface area contributed by atoms with E-state index in [0.717, 1.165) is 11.1 Å². The van der Waals surface area contributed by atoms with Gasteiger partial charge in [-0.25, -0.2) is 0 Å². The van der Waals surface area contributed by atoms with Crippen LogP contribution in [0.1, 0.15) is 0 Å². The van der Waals surface area contributed by atoms with E-state index in [1.54, 1.807) is 0 Å². The molecule has 0 saturated carbocycles. The van der Waals surface area contributed by atoms with Gasteiger partial charge in [0, 0.05) is 5.56 Å². The number of furan rings is 1. The van der Waals surface area contributed by atoms with Crippen molar-refractivity contribution in [2.45, 2.75) is 0 Å². The molecule has 1 aromatic heterocycles. The summed E-state index contributed by atoms with van der Waals surface area (Å²) < 4.78 is 5.29. The zero-order chi connectivity index (χ0) is 13.2. The maximum Gasteiger partial charge on any atom is 0.327 e. The number of aromatic hydroxyl groups is 2. The van der Waals surface area contributed by atoms with Crippen molar-refractivity contribution in [3.8, 4) is 34.1 Å². The molecule has 94 valence electrons. The van der Waals surface area contributed by atoms with E-state index >= 15 is 0 Å². The molecule has 3 aromatic rings. The molecule has 0 saturated heterocycles. The van der Waals surface area contributed by atoms with Gasteiger partial charge in [0.1, 0.15) is 5.76 Å². The molecular formula is C16H12O3. The van der Waals surface area contributed by atoms with E-state index in [-0.39, 0.29) is 5.75 Å². The van der Waals surface area contributed by atoms with E-state index in [4.69, 9.17) is 4.42 Å². The fourth-order valence-electron chi connectivity index (χ4n) is 2.08. The molecule has 0 aliphatic rings. The van der Waals surface area contributed by atoms with Crippen molar-refractivity contribution in [2.75, 3.05) is 0 Å². The van der Waals surface area contributed by atoms with Crippen LogP contribution in [0, 0.1) is 0 Å². The van der Waals surface area contributed by atoms with Gasteiger partial charge in [-0.05, 0) is 5.56 Å². The average Bonchev–Trinajstić information content (AvgIpc) is 2.77. The van der Waals surface area contributed by atoms with Crippen LogP contribution in [0.15, 0.2) is 65.1 Å². The molecule has 0 aliphatic carbocycles. The summed E-state index contributed by atoms with van der Waals surface area (Å²) >= 11 is 0. The first kappa shape index (κ1) is 11.4. The van der Waals surface area contributed by atoms with Crippen LogP contribution in [0.25, 0.3) is 22.5 Å². The second-order valence-corrected chi connectivity index (χ2v) is 4.19. The Morgan fingerprint density at radius 3 is 1.79 bits per heavy atom. The molecule has 0 spiro atoms. The highest BCUT2D eigenvalue weighted by atomic mass is 16.5. The molecule has 3 heteroatoms. The van der Waals surface area contributed by atoms with Gasteiger partial charge in [0.05, 0.1) is 5.56 Å². The van der Waals surface area contributed by atoms with Gasteiger partial charge in [0.2, 0.25) is 5.75 Å².